The number of aryl methyl sites for hydroxylation is 1. The summed E-state index contributed by atoms with van der Waals surface area (Å²) in [5, 5.41) is 0. The molecule has 0 bridgehead atoms. The molecule has 0 unspecified atom stereocenters. The second-order valence-electron chi connectivity index (χ2n) is 6.21. The van der Waals surface area contributed by atoms with Crippen LogP contribution in [0.5, 0.6) is 0 Å². The van der Waals surface area contributed by atoms with E-state index in [1.54, 1.807) is 27.7 Å². The Morgan fingerprint density at radius 1 is 0.917 bits per heavy atom. The Balaban J connectivity index is 2.63. The Labute approximate surface area is 141 Å². The number of unbranched alkanes of at least 4 members (excludes halogenated alkanes) is 1. The molecule has 0 aliphatic heterocycles. The third kappa shape index (κ3) is 6.16. The van der Waals surface area contributed by atoms with Crippen LogP contribution in [-0.4, -0.2) is 25.8 Å². The molecule has 0 atom stereocenters. The second-order valence-corrected chi connectivity index (χ2v) is 8.61. The zero-order chi connectivity index (χ0) is 18.5. The Hall–Kier alpha value is -0.963. The molecule has 138 valence electrons. The van der Waals surface area contributed by atoms with E-state index in [9.17, 15) is 22.4 Å². The largest absolute Gasteiger partial charge is 0.498 e. The average Bonchev–Trinajstić information content (AvgIpc) is 2.44. The molecular weight excluding hydrogens is 344 g/mol. The molecule has 8 heteroatoms. The Morgan fingerprint density at radius 3 is 1.96 bits per heavy atom. The molecule has 1 aromatic rings. The summed E-state index contributed by atoms with van der Waals surface area (Å²) in [6, 6.07) is 0.906. The van der Waals surface area contributed by atoms with E-state index in [1.807, 2.05) is 0 Å². The minimum Gasteiger partial charge on any atom is -0.390 e. The van der Waals surface area contributed by atoms with Gasteiger partial charge in [-0.2, -0.15) is 0 Å². The maximum Gasteiger partial charge on any atom is 0.498 e. The van der Waals surface area contributed by atoms with Gasteiger partial charge in [-0.25, -0.2) is 17.6 Å². The molecule has 0 amide bonds. The first kappa shape index (κ1) is 21.1. The first-order chi connectivity index (χ1) is 11.1. The van der Waals surface area contributed by atoms with Crippen molar-refractivity contribution in [3.63, 3.8) is 0 Å². The van der Waals surface area contributed by atoms with Crippen molar-refractivity contribution in [1.82, 2.24) is 0 Å². The molecule has 0 aromatic heterocycles. The minimum absolute atomic E-state index is 0.0216. The van der Waals surface area contributed by atoms with Gasteiger partial charge in [0.15, 0.2) is 23.3 Å². The lowest BCUT2D eigenvalue weighted by molar-refractivity contribution is 0.0472. The maximum atomic E-state index is 13.6. The van der Waals surface area contributed by atoms with Gasteiger partial charge in [-0.05, 0) is 58.6 Å². The van der Waals surface area contributed by atoms with Crippen molar-refractivity contribution >= 4 is 8.80 Å². The Kier molecular flexibility index (Phi) is 7.85. The van der Waals surface area contributed by atoms with Crippen LogP contribution in [0.3, 0.4) is 0 Å². The van der Waals surface area contributed by atoms with Gasteiger partial charge in [0.2, 0.25) is 0 Å². The SMILES string of the molecule is CC(C)O[Si](O)(CCCCc1cc(F)c(F)c(F)c1F)OC(C)C. The van der Waals surface area contributed by atoms with Gasteiger partial charge in [-0.1, -0.05) is 0 Å². The van der Waals surface area contributed by atoms with E-state index in [2.05, 4.69) is 0 Å². The quantitative estimate of drug-likeness (QED) is 0.232. The fourth-order valence-electron chi connectivity index (χ4n) is 2.35. The number of hydrogen-bond donors (Lipinski definition) is 1. The highest BCUT2D eigenvalue weighted by atomic mass is 28.4. The zero-order valence-corrected chi connectivity index (χ0v) is 15.3. The van der Waals surface area contributed by atoms with Crippen molar-refractivity contribution < 1.29 is 31.2 Å². The smallest absolute Gasteiger partial charge is 0.390 e. The van der Waals surface area contributed by atoms with E-state index >= 15 is 0 Å². The van der Waals surface area contributed by atoms with Crippen LogP contribution in [0.25, 0.3) is 0 Å². The van der Waals surface area contributed by atoms with Crippen LogP contribution in [0.4, 0.5) is 17.6 Å². The van der Waals surface area contributed by atoms with Gasteiger partial charge in [0.25, 0.3) is 0 Å². The van der Waals surface area contributed by atoms with Gasteiger partial charge in [0.1, 0.15) is 0 Å². The second kappa shape index (κ2) is 8.94. The van der Waals surface area contributed by atoms with Crippen molar-refractivity contribution in [1.29, 1.82) is 0 Å². The predicted octanol–water partition coefficient (Wildman–Crippen LogP) is 4.35. The Bertz CT molecular complexity index is 543. The molecule has 1 rings (SSSR count). The average molecular weight is 368 g/mol. The molecule has 3 nitrogen and oxygen atoms in total. The normalized spacial score (nSPS) is 12.5. The molecule has 0 fully saturated rings. The Morgan fingerprint density at radius 2 is 1.46 bits per heavy atom. The van der Waals surface area contributed by atoms with Crippen molar-refractivity contribution in [2.24, 2.45) is 0 Å². The summed E-state index contributed by atoms with van der Waals surface area (Å²) in [6.07, 6.45) is 0.367. The summed E-state index contributed by atoms with van der Waals surface area (Å²) < 4.78 is 63.8. The molecule has 0 heterocycles. The summed E-state index contributed by atoms with van der Waals surface area (Å²) in [4.78, 5) is 10.5. The third-order valence-corrected chi connectivity index (χ3v) is 5.87. The van der Waals surface area contributed by atoms with Crippen molar-refractivity contribution in [2.45, 2.75) is 65.2 Å². The van der Waals surface area contributed by atoms with Crippen molar-refractivity contribution in [3.05, 3.63) is 34.9 Å². The fraction of sp³-hybridized carbons (Fsp3) is 0.625. The summed E-state index contributed by atoms with van der Waals surface area (Å²) in [5.74, 6) is -6.41. The van der Waals surface area contributed by atoms with Crippen LogP contribution in [0.2, 0.25) is 6.04 Å². The van der Waals surface area contributed by atoms with Crippen LogP contribution >= 0.6 is 0 Å². The van der Waals surface area contributed by atoms with Crippen LogP contribution in [0.1, 0.15) is 46.1 Å². The summed E-state index contributed by atoms with van der Waals surface area (Å²) >= 11 is 0. The highest BCUT2D eigenvalue weighted by Crippen LogP contribution is 2.23. The minimum atomic E-state index is -3.36. The molecule has 0 saturated carbocycles. The van der Waals surface area contributed by atoms with E-state index in [4.69, 9.17) is 8.85 Å². The van der Waals surface area contributed by atoms with E-state index in [0.717, 1.165) is 0 Å². The summed E-state index contributed by atoms with van der Waals surface area (Å²) in [5.41, 5.74) is -0.230. The van der Waals surface area contributed by atoms with Crippen LogP contribution in [-0.2, 0) is 15.3 Å². The van der Waals surface area contributed by atoms with Crippen LogP contribution in [0.15, 0.2) is 6.07 Å². The van der Waals surface area contributed by atoms with Crippen molar-refractivity contribution in [3.8, 4) is 0 Å². The van der Waals surface area contributed by atoms with E-state index in [-0.39, 0.29) is 30.2 Å². The monoisotopic (exact) mass is 368 g/mol. The topological polar surface area (TPSA) is 38.7 Å². The number of halogens is 4. The molecular formula is C16H24F4O3Si. The lowest BCUT2D eigenvalue weighted by atomic mass is 10.1. The third-order valence-electron chi connectivity index (χ3n) is 3.21. The molecule has 0 saturated heterocycles. The van der Waals surface area contributed by atoms with E-state index < -0.39 is 32.1 Å². The summed E-state index contributed by atoms with van der Waals surface area (Å²) in [7, 11) is -3.36. The van der Waals surface area contributed by atoms with Crippen LogP contribution in [0, 0.1) is 23.3 Å². The molecule has 1 N–H and O–H groups in total. The standard InChI is InChI=1S/C16H24F4O3Si/c1-10(2)22-24(21,23-11(3)4)8-6-5-7-12-9-13(17)15(19)16(20)14(12)18/h9-11,21H,5-8H2,1-4H3. The first-order valence-corrected chi connectivity index (χ1v) is 9.92. The number of hydrogen-bond acceptors (Lipinski definition) is 3. The molecule has 0 aliphatic rings. The maximum absolute atomic E-state index is 13.6. The molecule has 0 radical (unpaired) electrons. The highest BCUT2D eigenvalue weighted by Gasteiger charge is 2.38. The van der Waals surface area contributed by atoms with Gasteiger partial charge in [-0.15, -0.1) is 0 Å². The van der Waals surface area contributed by atoms with Gasteiger partial charge in [0.05, 0.1) is 0 Å². The number of rotatable bonds is 9. The molecule has 0 aliphatic carbocycles. The van der Waals surface area contributed by atoms with Gasteiger partial charge in [-0.3, -0.25) is 0 Å². The first-order valence-electron chi connectivity index (χ1n) is 7.95. The molecule has 1 aromatic carbocycles. The summed E-state index contributed by atoms with van der Waals surface area (Å²) in [6.45, 7) is 7.12. The lowest BCUT2D eigenvalue weighted by Crippen LogP contribution is -2.46. The predicted molar refractivity (Wildman–Crippen MR) is 84.4 cm³/mol. The van der Waals surface area contributed by atoms with Crippen molar-refractivity contribution in [2.75, 3.05) is 0 Å². The zero-order valence-electron chi connectivity index (χ0n) is 14.3. The van der Waals surface area contributed by atoms with E-state index in [0.29, 0.717) is 18.9 Å². The van der Waals surface area contributed by atoms with Gasteiger partial charge in [0, 0.05) is 18.3 Å². The molecule has 24 heavy (non-hydrogen) atoms. The number of benzene rings is 1. The fourth-order valence-corrected chi connectivity index (χ4v) is 4.81. The van der Waals surface area contributed by atoms with Gasteiger partial charge >= 0.3 is 8.80 Å². The molecule has 0 spiro atoms. The van der Waals surface area contributed by atoms with E-state index in [1.165, 1.54) is 0 Å². The highest BCUT2D eigenvalue weighted by molar-refractivity contribution is 6.59. The van der Waals surface area contributed by atoms with Gasteiger partial charge < -0.3 is 13.6 Å². The van der Waals surface area contributed by atoms with Crippen LogP contribution < -0.4 is 0 Å². The lowest BCUT2D eigenvalue weighted by Gasteiger charge is -2.28.